The quantitative estimate of drug-likeness (QED) is 0.174. The fourth-order valence-electron chi connectivity index (χ4n) is 5.13. The lowest BCUT2D eigenvalue weighted by atomic mass is 9.74. The fourth-order valence-corrected chi connectivity index (χ4v) is 6.10. The van der Waals surface area contributed by atoms with E-state index in [1.807, 2.05) is 38.1 Å². The number of nitrogens with zero attached hydrogens (tertiary/aromatic N) is 4. The van der Waals surface area contributed by atoms with E-state index in [1.165, 1.54) is 11.3 Å². The summed E-state index contributed by atoms with van der Waals surface area (Å²) in [5.41, 5.74) is 4.15. The van der Waals surface area contributed by atoms with E-state index in [0.717, 1.165) is 45.6 Å². The zero-order valence-corrected chi connectivity index (χ0v) is 24.7. The van der Waals surface area contributed by atoms with Crippen LogP contribution in [-0.2, 0) is 11.2 Å². The van der Waals surface area contributed by atoms with Crippen molar-refractivity contribution < 1.29 is 19.8 Å². The number of benzene rings is 1. The molecule has 5 N–H and O–H groups in total. The third-order valence-electron chi connectivity index (χ3n) is 7.58. The van der Waals surface area contributed by atoms with Gasteiger partial charge in [0.05, 0.1) is 27.4 Å². The van der Waals surface area contributed by atoms with Crippen molar-refractivity contribution in [2.75, 3.05) is 17.2 Å². The number of amides is 2. The number of rotatable bonds is 9. The smallest absolute Gasteiger partial charge is 0.321 e. The summed E-state index contributed by atoms with van der Waals surface area (Å²) in [5, 5.41) is 28.8. The Morgan fingerprint density at radius 1 is 1.12 bits per heavy atom. The number of carboxylic acids is 1. The first kappa shape index (κ1) is 29.3. The topological polar surface area (TPSA) is 162 Å². The van der Waals surface area contributed by atoms with Crippen LogP contribution in [0.3, 0.4) is 0 Å². The van der Waals surface area contributed by atoms with E-state index in [4.69, 9.17) is 0 Å². The van der Waals surface area contributed by atoms with Crippen LogP contribution < -0.4 is 16.0 Å². The zero-order chi connectivity index (χ0) is 29.9. The van der Waals surface area contributed by atoms with Crippen molar-refractivity contribution in [3.05, 3.63) is 48.7 Å². The van der Waals surface area contributed by atoms with Crippen molar-refractivity contribution >= 4 is 44.4 Å². The molecular weight excluding hydrogens is 554 g/mol. The molecule has 4 aromatic rings. The van der Waals surface area contributed by atoms with Gasteiger partial charge in [-0.15, -0.1) is 0 Å². The number of pyridine rings is 1. The molecule has 1 aromatic carbocycles. The summed E-state index contributed by atoms with van der Waals surface area (Å²) in [6.45, 7) is 5.87. The number of carbonyl (C=O) groups excluding carboxylic acids is 1. The van der Waals surface area contributed by atoms with Crippen LogP contribution in [0.25, 0.3) is 32.6 Å². The van der Waals surface area contributed by atoms with Gasteiger partial charge in [0.15, 0.2) is 5.13 Å². The van der Waals surface area contributed by atoms with Gasteiger partial charge >= 0.3 is 12.0 Å². The monoisotopic (exact) mass is 589 g/mol. The van der Waals surface area contributed by atoms with E-state index in [2.05, 4.69) is 35.9 Å². The molecule has 2 amide bonds. The van der Waals surface area contributed by atoms with E-state index < -0.39 is 17.5 Å². The Morgan fingerprint density at radius 2 is 1.86 bits per heavy atom. The van der Waals surface area contributed by atoms with Crippen molar-refractivity contribution in [2.45, 2.75) is 65.0 Å². The molecule has 12 heteroatoms. The molecule has 5 rings (SSSR count). The molecule has 1 unspecified atom stereocenters. The molecular formula is C30H35N7O4S. The molecule has 0 aliphatic heterocycles. The molecule has 1 aliphatic carbocycles. The number of urea groups is 1. The van der Waals surface area contributed by atoms with Crippen LogP contribution in [-0.4, -0.2) is 60.8 Å². The van der Waals surface area contributed by atoms with Gasteiger partial charge in [0.1, 0.15) is 5.82 Å². The summed E-state index contributed by atoms with van der Waals surface area (Å²) in [5.74, 6) is -0.173. The van der Waals surface area contributed by atoms with Crippen LogP contribution in [0.15, 0.2) is 42.9 Å². The molecule has 1 aliphatic rings. The van der Waals surface area contributed by atoms with Crippen molar-refractivity contribution in [1.29, 1.82) is 0 Å². The molecule has 3 aromatic heterocycles. The van der Waals surface area contributed by atoms with Crippen LogP contribution in [0, 0.1) is 5.41 Å². The summed E-state index contributed by atoms with van der Waals surface area (Å²) >= 11 is 1.37. The van der Waals surface area contributed by atoms with Gasteiger partial charge in [0, 0.05) is 54.4 Å². The van der Waals surface area contributed by atoms with Gasteiger partial charge in [-0.05, 0) is 76.3 Å². The van der Waals surface area contributed by atoms with E-state index in [1.54, 1.807) is 25.5 Å². The van der Waals surface area contributed by atoms with Gasteiger partial charge in [0.2, 0.25) is 0 Å². The number of anilines is 2. The average Bonchev–Trinajstić information content (AvgIpc) is 3.36. The number of hydrogen-bond donors (Lipinski definition) is 5. The number of aliphatic hydroxyl groups is 1. The summed E-state index contributed by atoms with van der Waals surface area (Å²) in [4.78, 5) is 42.1. The Kier molecular flexibility index (Phi) is 8.64. The van der Waals surface area contributed by atoms with Crippen LogP contribution in [0.5, 0.6) is 0 Å². The highest BCUT2D eigenvalue weighted by molar-refractivity contribution is 7.22. The van der Waals surface area contributed by atoms with Crippen molar-refractivity contribution in [3.8, 4) is 22.4 Å². The number of carbonyl (C=O) groups is 2. The predicted molar refractivity (Wildman–Crippen MR) is 164 cm³/mol. The molecule has 220 valence electrons. The number of aliphatic carboxylic acids is 1. The molecule has 0 radical (unpaired) electrons. The van der Waals surface area contributed by atoms with Crippen molar-refractivity contribution in [1.82, 2.24) is 25.3 Å². The first-order valence-corrected chi connectivity index (χ1v) is 14.9. The minimum absolute atomic E-state index is 0.174. The summed E-state index contributed by atoms with van der Waals surface area (Å²) < 4.78 is 0.872. The second-order valence-electron chi connectivity index (χ2n) is 11.0. The highest BCUT2D eigenvalue weighted by Gasteiger charge is 2.37. The number of hydrogen-bond acceptors (Lipinski definition) is 9. The minimum atomic E-state index is -0.732. The SMILES string of the molecule is CCNC(=O)Nc1nc2cc(-c3cnc(CC(C)O)nc3)cc(-c3cc(NC4CCC(C)(C(=O)O)CC4)ccn3)c2s1. The first-order valence-electron chi connectivity index (χ1n) is 14.1. The molecule has 1 saturated carbocycles. The third kappa shape index (κ3) is 6.66. The van der Waals surface area contributed by atoms with Crippen molar-refractivity contribution in [3.63, 3.8) is 0 Å². The highest BCUT2D eigenvalue weighted by atomic mass is 32.1. The number of carboxylic acid groups (broad SMARTS) is 1. The Bertz CT molecular complexity index is 1580. The number of thiazole rings is 1. The standard InChI is InChI=1S/C30H35N7O4S/c1-4-31-28(41)37-29-36-24-13-18(19-15-33-25(34-16-19)11-17(2)38)12-22(26(24)42-29)23-14-21(7-10-32-23)35-20-5-8-30(3,9-6-20)27(39)40/h7,10,12-17,20,38H,4-6,8-9,11H2,1-3H3,(H,32,35)(H,39,40)(H2,31,36,37,41). The summed E-state index contributed by atoms with van der Waals surface area (Å²) in [6.07, 6.45) is 7.84. The molecule has 0 bridgehead atoms. The van der Waals surface area contributed by atoms with Crippen LogP contribution in [0.2, 0.25) is 0 Å². The van der Waals surface area contributed by atoms with Gasteiger partial charge < -0.3 is 20.8 Å². The number of aliphatic hydroxyl groups excluding tert-OH is 1. The molecule has 3 heterocycles. The van der Waals surface area contributed by atoms with Crippen LogP contribution in [0.4, 0.5) is 15.6 Å². The lowest BCUT2D eigenvalue weighted by Crippen LogP contribution is -2.36. The molecule has 42 heavy (non-hydrogen) atoms. The minimum Gasteiger partial charge on any atom is -0.481 e. The lowest BCUT2D eigenvalue weighted by Gasteiger charge is -2.34. The maximum absolute atomic E-state index is 12.2. The van der Waals surface area contributed by atoms with E-state index in [0.29, 0.717) is 42.3 Å². The maximum atomic E-state index is 12.2. The Balaban J connectivity index is 1.48. The second-order valence-corrected chi connectivity index (χ2v) is 12.0. The predicted octanol–water partition coefficient (Wildman–Crippen LogP) is 5.33. The van der Waals surface area contributed by atoms with Crippen LogP contribution in [0.1, 0.15) is 52.3 Å². The lowest BCUT2D eigenvalue weighted by molar-refractivity contribution is -0.149. The molecule has 1 atom stereocenters. The van der Waals surface area contributed by atoms with E-state index in [9.17, 15) is 19.8 Å². The van der Waals surface area contributed by atoms with Gasteiger partial charge in [-0.3, -0.25) is 15.1 Å². The summed E-state index contributed by atoms with van der Waals surface area (Å²) in [6, 6.07) is 7.72. The van der Waals surface area contributed by atoms with Gasteiger partial charge in [-0.1, -0.05) is 11.3 Å². The zero-order valence-electron chi connectivity index (χ0n) is 23.8. The highest BCUT2D eigenvalue weighted by Crippen LogP contribution is 2.40. The molecule has 0 spiro atoms. The number of fused-ring (bicyclic) bond motifs is 1. The van der Waals surface area contributed by atoms with E-state index >= 15 is 0 Å². The maximum Gasteiger partial charge on any atom is 0.321 e. The third-order valence-corrected chi connectivity index (χ3v) is 8.60. The Labute approximate surface area is 247 Å². The fraction of sp³-hybridized carbons (Fsp3) is 0.400. The van der Waals surface area contributed by atoms with Crippen LogP contribution >= 0.6 is 11.3 Å². The normalized spacial score (nSPS) is 19.3. The van der Waals surface area contributed by atoms with Gasteiger partial charge in [0.25, 0.3) is 0 Å². The molecule has 1 fully saturated rings. The largest absolute Gasteiger partial charge is 0.481 e. The summed E-state index contributed by atoms with van der Waals surface area (Å²) in [7, 11) is 0. The first-order chi connectivity index (χ1) is 20.1. The van der Waals surface area contributed by atoms with Gasteiger partial charge in [-0.2, -0.15) is 0 Å². The molecule has 0 saturated heterocycles. The molecule has 11 nitrogen and oxygen atoms in total. The number of aromatic nitrogens is 4. The average molecular weight is 590 g/mol. The second kappa shape index (κ2) is 12.4. The van der Waals surface area contributed by atoms with E-state index in [-0.39, 0.29) is 12.1 Å². The Morgan fingerprint density at radius 3 is 2.52 bits per heavy atom. The van der Waals surface area contributed by atoms with Gasteiger partial charge in [-0.25, -0.2) is 19.7 Å². The Hall–Kier alpha value is -4.16. The number of nitrogens with one attached hydrogen (secondary N) is 3. The van der Waals surface area contributed by atoms with Crippen molar-refractivity contribution in [2.24, 2.45) is 5.41 Å².